The first-order chi connectivity index (χ1) is 10.1. The van der Waals surface area contributed by atoms with Crippen molar-refractivity contribution in [3.63, 3.8) is 0 Å². The van der Waals surface area contributed by atoms with E-state index in [-0.39, 0.29) is 0 Å². The zero-order valence-electron chi connectivity index (χ0n) is 11.8. The minimum atomic E-state index is -0.390. The summed E-state index contributed by atoms with van der Waals surface area (Å²) in [6.45, 7) is 0. The van der Waals surface area contributed by atoms with Gasteiger partial charge in [-0.05, 0) is 30.3 Å². The van der Waals surface area contributed by atoms with Crippen molar-refractivity contribution in [3.8, 4) is 5.75 Å². The number of rotatable bonds is 5. The molecule has 21 heavy (non-hydrogen) atoms. The van der Waals surface area contributed by atoms with Crippen LogP contribution in [-0.4, -0.2) is 25.2 Å². The van der Waals surface area contributed by atoms with Crippen LogP contribution in [0.3, 0.4) is 0 Å². The molecular formula is C15H16N2O3S. The molecule has 6 heteroatoms. The molecule has 0 aliphatic rings. The first-order valence-corrected chi connectivity index (χ1v) is 7.22. The summed E-state index contributed by atoms with van der Waals surface area (Å²) < 4.78 is 9.81. The highest BCUT2D eigenvalue weighted by Crippen LogP contribution is 2.31. The molecule has 0 spiro atoms. The SMILES string of the molecule is COC(=O)c1ccc(CSc2cc(OC)ccc2N)nc1. The Kier molecular flexibility index (Phi) is 5.05. The summed E-state index contributed by atoms with van der Waals surface area (Å²) >= 11 is 1.57. The Bertz CT molecular complexity index is 629. The first kappa shape index (κ1) is 15.2. The third-order valence-electron chi connectivity index (χ3n) is 2.84. The van der Waals surface area contributed by atoms with Crippen molar-refractivity contribution >= 4 is 23.4 Å². The fourth-order valence-electron chi connectivity index (χ4n) is 1.67. The molecule has 110 valence electrons. The maximum Gasteiger partial charge on any atom is 0.339 e. The van der Waals surface area contributed by atoms with Gasteiger partial charge < -0.3 is 15.2 Å². The number of carbonyl (C=O) groups is 1. The third-order valence-corrected chi connectivity index (χ3v) is 3.95. The normalized spacial score (nSPS) is 10.2. The van der Waals surface area contributed by atoms with Gasteiger partial charge in [0.05, 0.1) is 25.5 Å². The number of methoxy groups -OCH3 is 2. The Balaban J connectivity index is 2.04. The van der Waals surface area contributed by atoms with Gasteiger partial charge in [0.25, 0.3) is 0 Å². The fraction of sp³-hybridized carbons (Fsp3) is 0.200. The summed E-state index contributed by atoms with van der Waals surface area (Å²) in [6.07, 6.45) is 1.51. The lowest BCUT2D eigenvalue weighted by atomic mass is 10.2. The lowest BCUT2D eigenvalue weighted by Gasteiger charge is -2.08. The summed E-state index contributed by atoms with van der Waals surface area (Å²) in [5.41, 5.74) is 7.93. The Morgan fingerprint density at radius 3 is 2.71 bits per heavy atom. The number of nitrogens with two attached hydrogens (primary N) is 1. The van der Waals surface area contributed by atoms with Gasteiger partial charge in [-0.2, -0.15) is 0 Å². The highest BCUT2D eigenvalue weighted by Gasteiger charge is 2.07. The average Bonchev–Trinajstić information content (AvgIpc) is 2.54. The van der Waals surface area contributed by atoms with Crippen LogP contribution in [0.2, 0.25) is 0 Å². The zero-order valence-corrected chi connectivity index (χ0v) is 12.6. The van der Waals surface area contributed by atoms with Gasteiger partial charge in [-0.25, -0.2) is 4.79 Å². The van der Waals surface area contributed by atoms with Crippen LogP contribution in [0.5, 0.6) is 5.75 Å². The summed E-state index contributed by atoms with van der Waals surface area (Å²) in [5, 5.41) is 0. The van der Waals surface area contributed by atoms with Crippen LogP contribution in [-0.2, 0) is 10.5 Å². The first-order valence-electron chi connectivity index (χ1n) is 6.23. The van der Waals surface area contributed by atoms with Crippen molar-refractivity contribution in [2.24, 2.45) is 0 Å². The van der Waals surface area contributed by atoms with Gasteiger partial charge in [0.1, 0.15) is 5.75 Å². The molecule has 5 nitrogen and oxygen atoms in total. The summed E-state index contributed by atoms with van der Waals surface area (Å²) in [7, 11) is 2.96. The average molecular weight is 304 g/mol. The van der Waals surface area contributed by atoms with Crippen molar-refractivity contribution in [2.75, 3.05) is 20.0 Å². The molecule has 2 N–H and O–H groups in total. The molecule has 0 bridgehead atoms. The zero-order chi connectivity index (χ0) is 15.2. The number of hydrogen-bond donors (Lipinski definition) is 1. The van der Waals surface area contributed by atoms with Crippen LogP contribution in [0.25, 0.3) is 0 Å². The van der Waals surface area contributed by atoms with Gasteiger partial charge in [-0.1, -0.05) is 0 Å². The van der Waals surface area contributed by atoms with E-state index in [1.165, 1.54) is 13.3 Å². The number of aromatic nitrogens is 1. The van der Waals surface area contributed by atoms with Gasteiger partial charge in [0, 0.05) is 22.5 Å². The third kappa shape index (κ3) is 3.88. The highest BCUT2D eigenvalue weighted by molar-refractivity contribution is 7.98. The van der Waals surface area contributed by atoms with E-state index in [2.05, 4.69) is 9.72 Å². The smallest absolute Gasteiger partial charge is 0.339 e. The number of thioether (sulfide) groups is 1. The maximum absolute atomic E-state index is 11.3. The van der Waals surface area contributed by atoms with Gasteiger partial charge >= 0.3 is 5.97 Å². The van der Waals surface area contributed by atoms with Crippen LogP contribution >= 0.6 is 11.8 Å². The van der Waals surface area contributed by atoms with E-state index in [1.807, 2.05) is 18.2 Å². The minimum absolute atomic E-state index is 0.390. The van der Waals surface area contributed by atoms with Gasteiger partial charge in [0.2, 0.25) is 0 Å². The van der Waals surface area contributed by atoms with Crippen LogP contribution in [0, 0.1) is 0 Å². The predicted molar refractivity (Wildman–Crippen MR) is 82.5 cm³/mol. The van der Waals surface area contributed by atoms with Crippen LogP contribution in [0.1, 0.15) is 16.1 Å². The van der Waals surface area contributed by atoms with E-state index in [4.69, 9.17) is 10.5 Å². The molecule has 0 amide bonds. The van der Waals surface area contributed by atoms with Gasteiger partial charge in [-0.15, -0.1) is 11.8 Å². The molecule has 1 heterocycles. The standard InChI is InChI=1S/C15H16N2O3S/c1-19-12-5-6-13(16)14(7-12)21-9-11-4-3-10(8-17-11)15(18)20-2/h3-8H,9,16H2,1-2H3. The second-order valence-electron chi connectivity index (χ2n) is 4.22. The molecular weight excluding hydrogens is 288 g/mol. The summed E-state index contributed by atoms with van der Waals surface area (Å²) in [4.78, 5) is 16.5. The quantitative estimate of drug-likeness (QED) is 0.520. The number of hydrogen-bond acceptors (Lipinski definition) is 6. The topological polar surface area (TPSA) is 74.4 Å². The number of benzene rings is 1. The number of anilines is 1. The van der Waals surface area contributed by atoms with Crippen LogP contribution in [0.15, 0.2) is 41.4 Å². The maximum atomic E-state index is 11.3. The summed E-state index contributed by atoms with van der Waals surface area (Å²) in [6, 6.07) is 9.03. The molecule has 0 saturated carbocycles. The van der Waals surface area contributed by atoms with Crippen LogP contribution in [0.4, 0.5) is 5.69 Å². The molecule has 1 aromatic heterocycles. The Labute approximate surface area is 127 Å². The molecule has 0 aliphatic carbocycles. The number of esters is 1. The Morgan fingerprint density at radius 2 is 2.10 bits per heavy atom. The number of pyridine rings is 1. The van der Waals surface area contributed by atoms with Gasteiger partial charge in [-0.3, -0.25) is 4.98 Å². The number of ether oxygens (including phenoxy) is 2. The highest BCUT2D eigenvalue weighted by atomic mass is 32.2. The molecule has 1 aromatic carbocycles. The largest absolute Gasteiger partial charge is 0.497 e. The molecule has 0 saturated heterocycles. The lowest BCUT2D eigenvalue weighted by Crippen LogP contribution is -2.02. The van der Waals surface area contributed by atoms with Crippen molar-refractivity contribution in [2.45, 2.75) is 10.6 Å². The lowest BCUT2D eigenvalue weighted by molar-refractivity contribution is 0.0600. The predicted octanol–water partition coefficient (Wildman–Crippen LogP) is 2.75. The van der Waals surface area contributed by atoms with Crippen molar-refractivity contribution in [1.82, 2.24) is 4.98 Å². The van der Waals surface area contributed by atoms with Crippen molar-refractivity contribution < 1.29 is 14.3 Å². The van der Waals surface area contributed by atoms with E-state index < -0.39 is 5.97 Å². The van der Waals surface area contributed by atoms with E-state index in [0.717, 1.165) is 16.3 Å². The van der Waals surface area contributed by atoms with E-state index in [9.17, 15) is 4.79 Å². The van der Waals surface area contributed by atoms with E-state index in [1.54, 1.807) is 31.0 Å². The molecule has 2 rings (SSSR count). The van der Waals surface area contributed by atoms with E-state index >= 15 is 0 Å². The summed E-state index contributed by atoms with van der Waals surface area (Å²) in [5.74, 6) is 1.03. The minimum Gasteiger partial charge on any atom is -0.497 e. The number of carbonyl (C=O) groups excluding carboxylic acids is 1. The number of nitrogens with zero attached hydrogens (tertiary/aromatic N) is 1. The Hall–Kier alpha value is -2.21. The van der Waals surface area contributed by atoms with Crippen LogP contribution < -0.4 is 10.5 Å². The molecule has 0 unspecified atom stereocenters. The molecule has 2 aromatic rings. The van der Waals surface area contributed by atoms with Crippen molar-refractivity contribution in [3.05, 3.63) is 47.8 Å². The van der Waals surface area contributed by atoms with E-state index in [0.29, 0.717) is 17.0 Å². The second kappa shape index (κ2) is 6.99. The molecule has 0 atom stereocenters. The van der Waals surface area contributed by atoms with Crippen molar-refractivity contribution in [1.29, 1.82) is 0 Å². The molecule has 0 fully saturated rings. The Morgan fingerprint density at radius 1 is 1.29 bits per heavy atom. The second-order valence-corrected chi connectivity index (χ2v) is 5.24. The molecule has 0 radical (unpaired) electrons. The molecule has 0 aliphatic heterocycles. The fourth-order valence-corrected chi connectivity index (χ4v) is 2.58. The monoisotopic (exact) mass is 304 g/mol. The number of nitrogen functional groups attached to an aromatic ring is 1. The van der Waals surface area contributed by atoms with Gasteiger partial charge in [0.15, 0.2) is 0 Å².